The van der Waals surface area contributed by atoms with Gasteiger partial charge in [-0.15, -0.1) is 11.3 Å². The highest BCUT2D eigenvalue weighted by Gasteiger charge is 2.24. The van der Waals surface area contributed by atoms with E-state index in [0.29, 0.717) is 12.5 Å². The molecule has 0 spiro atoms. The second kappa shape index (κ2) is 5.52. The molecule has 3 heterocycles. The average Bonchev–Trinajstić information content (AvgIpc) is 3.12. The van der Waals surface area contributed by atoms with Crippen LogP contribution >= 0.6 is 11.3 Å². The van der Waals surface area contributed by atoms with Crippen LogP contribution < -0.4 is 0 Å². The largest absolute Gasteiger partial charge is 0.342 e. The highest BCUT2D eigenvalue weighted by molar-refractivity contribution is 7.07. The quantitative estimate of drug-likeness (QED) is 0.858. The Hall–Kier alpha value is -1.69. The van der Waals surface area contributed by atoms with Crippen molar-refractivity contribution in [1.82, 2.24) is 19.7 Å². The van der Waals surface area contributed by atoms with E-state index in [2.05, 4.69) is 10.1 Å². The van der Waals surface area contributed by atoms with Gasteiger partial charge >= 0.3 is 0 Å². The van der Waals surface area contributed by atoms with Gasteiger partial charge in [0.25, 0.3) is 0 Å². The number of amides is 1. The second-order valence-electron chi connectivity index (χ2n) is 4.75. The van der Waals surface area contributed by atoms with Crippen molar-refractivity contribution in [3.8, 4) is 0 Å². The maximum atomic E-state index is 12.1. The van der Waals surface area contributed by atoms with Crippen LogP contribution in [0.15, 0.2) is 29.4 Å². The van der Waals surface area contributed by atoms with Crippen molar-refractivity contribution in [3.63, 3.8) is 0 Å². The topological polar surface area (TPSA) is 51.0 Å². The first-order chi connectivity index (χ1) is 9.33. The number of nitrogens with zero attached hydrogens (tertiary/aromatic N) is 4. The number of carbonyl (C=O) groups is 1. The lowest BCUT2D eigenvalue weighted by Gasteiger charge is -2.32. The van der Waals surface area contributed by atoms with Crippen molar-refractivity contribution >= 4 is 17.2 Å². The van der Waals surface area contributed by atoms with E-state index in [1.807, 2.05) is 27.2 Å². The number of hydrogen-bond donors (Lipinski definition) is 0. The minimum Gasteiger partial charge on any atom is -0.342 e. The number of rotatable bonds is 3. The number of piperidine rings is 1. The van der Waals surface area contributed by atoms with Gasteiger partial charge in [0.1, 0.15) is 0 Å². The van der Waals surface area contributed by atoms with Crippen LogP contribution in [0.3, 0.4) is 0 Å². The SMILES string of the molecule is O=C(Cc1cscn1)N1CCC(n2cccn2)CC1. The molecule has 1 saturated heterocycles. The van der Waals surface area contributed by atoms with Gasteiger partial charge < -0.3 is 4.90 Å². The highest BCUT2D eigenvalue weighted by Crippen LogP contribution is 2.21. The third-order valence-corrected chi connectivity index (χ3v) is 4.17. The molecular formula is C13H16N4OS. The van der Waals surface area contributed by atoms with E-state index in [4.69, 9.17) is 0 Å². The molecule has 0 aromatic carbocycles. The Morgan fingerprint density at radius 3 is 2.89 bits per heavy atom. The number of carbonyl (C=O) groups excluding carboxylic acids is 1. The van der Waals surface area contributed by atoms with E-state index in [1.165, 1.54) is 11.3 Å². The van der Waals surface area contributed by atoms with Gasteiger partial charge in [0.05, 0.1) is 23.7 Å². The summed E-state index contributed by atoms with van der Waals surface area (Å²) in [5, 5.41) is 6.21. The van der Waals surface area contributed by atoms with Gasteiger partial charge in [-0.2, -0.15) is 5.10 Å². The predicted octanol–water partition coefficient (Wildman–Crippen LogP) is 1.75. The fourth-order valence-corrected chi connectivity index (χ4v) is 3.03. The van der Waals surface area contributed by atoms with Crippen molar-refractivity contribution < 1.29 is 4.79 Å². The Morgan fingerprint density at radius 2 is 2.26 bits per heavy atom. The molecule has 0 aliphatic carbocycles. The average molecular weight is 276 g/mol. The van der Waals surface area contributed by atoms with Crippen LogP contribution in [0, 0.1) is 0 Å². The van der Waals surface area contributed by atoms with E-state index < -0.39 is 0 Å². The molecule has 0 saturated carbocycles. The summed E-state index contributed by atoms with van der Waals surface area (Å²) >= 11 is 1.53. The summed E-state index contributed by atoms with van der Waals surface area (Å²) in [6, 6.07) is 2.37. The zero-order valence-corrected chi connectivity index (χ0v) is 11.4. The summed E-state index contributed by atoms with van der Waals surface area (Å²) in [5.41, 5.74) is 2.65. The van der Waals surface area contributed by atoms with Gasteiger partial charge in [0, 0.05) is 30.9 Å². The normalized spacial score (nSPS) is 16.7. The monoisotopic (exact) mass is 276 g/mol. The molecule has 0 N–H and O–H groups in total. The molecular weight excluding hydrogens is 260 g/mol. The van der Waals surface area contributed by atoms with Crippen LogP contribution in [0.25, 0.3) is 0 Å². The molecule has 0 radical (unpaired) electrons. The van der Waals surface area contributed by atoms with E-state index >= 15 is 0 Å². The fraction of sp³-hybridized carbons (Fsp3) is 0.462. The molecule has 3 rings (SSSR count). The Labute approximate surface area is 115 Å². The van der Waals surface area contributed by atoms with E-state index in [0.717, 1.165) is 31.6 Å². The molecule has 1 fully saturated rings. The molecule has 19 heavy (non-hydrogen) atoms. The van der Waals surface area contributed by atoms with Gasteiger partial charge in [0.15, 0.2) is 0 Å². The van der Waals surface area contributed by atoms with Crippen LogP contribution in [0.4, 0.5) is 0 Å². The molecule has 1 aliphatic heterocycles. The number of aromatic nitrogens is 3. The van der Waals surface area contributed by atoms with Gasteiger partial charge in [0.2, 0.25) is 5.91 Å². The maximum Gasteiger partial charge on any atom is 0.228 e. The summed E-state index contributed by atoms with van der Waals surface area (Å²) in [6.07, 6.45) is 6.18. The summed E-state index contributed by atoms with van der Waals surface area (Å²) in [7, 11) is 0. The van der Waals surface area contributed by atoms with Crippen molar-refractivity contribution in [2.45, 2.75) is 25.3 Å². The molecule has 2 aromatic rings. The Morgan fingerprint density at radius 1 is 1.42 bits per heavy atom. The molecule has 1 amide bonds. The van der Waals surface area contributed by atoms with Crippen molar-refractivity contribution in [2.75, 3.05) is 13.1 Å². The molecule has 0 unspecified atom stereocenters. The molecule has 2 aromatic heterocycles. The third-order valence-electron chi connectivity index (χ3n) is 3.53. The Bertz CT molecular complexity index is 515. The lowest BCUT2D eigenvalue weighted by Crippen LogP contribution is -2.40. The van der Waals surface area contributed by atoms with E-state index in [-0.39, 0.29) is 5.91 Å². The van der Waals surface area contributed by atoms with Crippen LogP contribution in [0.1, 0.15) is 24.6 Å². The first-order valence-corrected chi connectivity index (χ1v) is 7.41. The number of hydrogen-bond acceptors (Lipinski definition) is 4. The van der Waals surface area contributed by atoms with Crippen LogP contribution in [-0.4, -0.2) is 38.7 Å². The molecule has 0 bridgehead atoms. The number of likely N-dealkylation sites (tertiary alicyclic amines) is 1. The van der Waals surface area contributed by atoms with Crippen molar-refractivity contribution in [1.29, 1.82) is 0 Å². The first-order valence-electron chi connectivity index (χ1n) is 6.47. The third kappa shape index (κ3) is 2.84. The summed E-state index contributed by atoms with van der Waals surface area (Å²) in [5.74, 6) is 0.185. The van der Waals surface area contributed by atoms with E-state index in [1.54, 1.807) is 11.7 Å². The zero-order chi connectivity index (χ0) is 13.1. The second-order valence-corrected chi connectivity index (χ2v) is 5.47. The zero-order valence-electron chi connectivity index (χ0n) is 10.6. The van der Waals surface area contributed by atoms with Gasteiger partial charge in [-0.05, 0) is 18.9 Å². The molecule has 0 atom stereocenters. The summed E-state index contributed by atoms with van der Waals surface area (Å²) in [4.78, 5) is 18.2. The maximum absolute atomic E-state index is 12.1. The van der Waals surface area contributed by atoms with Gasteiger partial charge in [-0.3, -0.25) is 9.48 Å². The molecule has 100 valence electrons. The van der Waals surface area contributed by atoms with Gasteiger partial charge in [-0.1, -0.05) is 0 Å². The lowest BCUT2D eigenvalue weighted by molar-refractivity contribution is -0.131. The first kappa shape index (κ1) is 12.3. The lowest BCUT2D eigenvalue weighted by atomic mass is 10.0. The minimum absolute atomic E-state index is 0.185. The number of thiazole rings is 1. The van der Waals surface area contributed by atoms with Crippen molar-refractivity contribution in [2.24, 2.45) is 0 Å². The van der Waals surface area contributed by atoms with Crippen molar-refractivity contribution in [3.05, 3.63) is 35.0 Å². The summed E-state index contributed by atoms with van der Waals surface area (Å²) in [6.45, 7) is 1.63. The predicted molar refractivity (Wildman–Crippen MR) is 72.9 cm³/mol. The van der Waals surface area contributed by atoms with E-state index in [9.17, 15) is 4.79 Å². The molecule has 1 aliphatic rings. The summed E-state index contributed by atoms with van der Waals surface area (Å²) < 4.78 is 2.00. The Kier molecular flexibility index (Phi) is 3.59. The highest BCUT2D eigenvalue weighted by atomic mass is 32.1. The van der Waals surface area contributed by atoms with Crippen LogP contribution in [0.5, 0.6) is 0 Å². The minimum atomic E-state index is 0.185. The fourth-order valence-electron chi connectivity index (χ4n) is 2.47. The smallest absolute Gasteiger partial charge is 0.228 e. The standard InChI is InChI=1S/C13H16N4OS/c18-13(8-11-9-19-10-14-11)16-6-2-12(3-7-16)17-5-1-4-15-17/h1,4-5,9-10,12H,2-3,6-8H2. The Balaban J connectivity index is 1.54. The molecule has 6 heteroatoms. The van der Waals surface area contributed by atoms with Crippen LogP contribution in [0.2, 0.25) is 0 Å². The van der Waals surface area contributed by atoms with Crippen LogP contribution in [-0.2, 0) is 11.2 Å². The van der Waals surface area contributed by atoms with Gasteiger partial charge in [-0.25, -0.2) is 4.98 Å². The molecule has 5 nitrogen and oxygen atoms in total.